The average molecular weight is 250 g/mol. The fourth-order valence-corrected chi connectivity index (χ4v) is 2.24. The molecule has 0 aromatic heterocycles. The molecule has 1 aliphatic rings. The Morgan fingerprint density at radius 1 is 1.50 bits per heavy atom. The van der Waals surface area contributed by atoms with Gasteiger partial charge in [0.2, 0.25) is 0 Å². The third-order valence-corrected chi connectivity index (χ3v) is 4.35. The van der Waals surface area contributed by atoms with Gasteiger partial charge < -0.3 is 0 Å². The smallest absolute Gasteiger partial charge is 0.0201 e. The first-order valence-corrected chi connectivity index (χ1v) is 5.10. The second-order valence-electron chi connectivity index (χ2n) is 3.86. The van der Waals surface area contributed by atoms with Crippen molar-refractivity contribution in [3.05, 3.63) is 12.2 Å². The topological polar surface area (TPSA) is 0 Å². The summed E-state index contributed by atoms with van der Waals surface area (Å²) >= 11 is 2.56. The molecule has 1 aliphatic carbocycles. The Bertz CT molecular complexity index is 147. The van der Waals surface area contributed by atoms with Gasteiger partial charge in [-0.15, -0.1) is 0 Å². The molecule has 0 spiro atoms. The van der Waals surface area contributed by atoms with Crippen molar-refractivity contribution in [2.45, 2.75) is 31.1 Å². The molecule has 1 unspecified atom stereocenters. The van der Waals surface area contributed by atoms with Crippen molar-refractivity contribution in [3.63, 3.8) is 0 Å². The van der Waals surface area contributed by atoms with Gasteiger partial charge in [0.15, 0.2) is 0 Å². The molecule has 0 aromatic carbocycles. The van der Waals surface area contributed by atoms with Crippen molar-refractivity contribution in [3.8, 4) is 0 Å². The lowest BCUT2D eigenvalue weighted by molar-refractivity contribution is 0.398. The molecule has 1 heteroatoms. The molecule has 0 amide bonds. The largest absolute Gasteiger partial charge is 0.0851 e. The van der Waals surface area contributed by atoms with Crippen LogP contribution in [0.2, 0.25) is 0 Å². The first-order chi connectivity index (χ1) is 4.52. The zero-order valence-corrected chi connectivity index (χ0v) is 9.05. The van der Waals surface area contributed by atoms with Crippen molar-refractivity contribution >= 4 is 22.6 Å². The van der Waals surface area contributed by atoms with E-state index in [4.69, 9.17) is 0 Å². The molecule has 0 nitrogen and oxygen atoms in total. The lowest BCUT2D eigenvalue weighted by atomic mass is 9.79. The van der Waals surface area contributed by atoms with E-state index in [9.17, 15) is 0 Å². The number of rotatable bonds is 0. The van der Waals surface area contributed by atoms with E-state index in [1.165, 1.54) is 6.42 Å². The molecule has 0 radical (unpaired) electrons. The molecular formula is C9H15I. The highest BCUT2D eigenvalue weighted by Gasteiger charge is 2.28. The summed E-state index contributed by atoms with van der Waals surface area (Å²) in [4.78, 5) is 0. The minimum Gasteiger partial charge on any atom is -0.0851 e. The summed E-state index contributed by atoms with van der Waals surface area (Å²) in [6.45, 7) is 6.91. The average Bonchev–Trinajstić information content (AvgIpc) is 1.81. The van der Waals surface area contributed by atoms with E-state index in [1.54, 1.807) is 0 Å². The Labute approximate surface area is 77.2 Å². The highest BCUT2D eigenvalue weighted by Crippen LogP contribution is 2.37. The third kappa shape index (κ3) is 1.74. The van der Waals surface area contributed by atoms with Crippen molar-refractivity contribution in [1.82, 2.24) is 0 Å². The van der Waals surface area contributed by atoms with Crippen molar-refractivity contribution in [1.29, 1.82) is 0 Å². The van der Waals surface area contributed by atoms with Crippen LogP contribution in [0.1, 0.15) is 27.2 Å². The van der Waals surface area contributed by atoms with E-state index in [1.807, 2.05) is 0 Å². The molecule has 0 fully saturated rings. The first kappa shape index (κ1) is 8.57. The van der Waals surface area contributed by atoms with E-state index >= 15 is 0 Å². The first-order valence-electron chi connectivity index (χ1n) is 3.86. The Morgan fingerprint density at radius 3 is 2.50 bits per heavy atom. The van der Waals surface area contributed by atoms with Gasteiger partial charge in [0.1, 0.15) is 0 Å². The van der Waals surface area contributed by atoms with Gasteiger partial charge in [-0.3, -0.25) is 0 Å². The molecule has 2 atom stereocenters. The maximum atomic E-state index is 2.56. The number of allylic oxidation sites excluding steroid dienone is 2. The van der Waals surface area contributed by atoms with Crippen LogP contribution in [0.5, 0.6) is 0 Å². The lowest BCUT2D eigenvalue weighted by Gasteiger charge is -2.32. The summed E-state index contributed by atoms with van der Waals surface area (Å²) in [6, 6.07) is 0. The predicted molar refractivity (Wildman–Crippen MR) is 54.5 cm³/mol. The van der Waals surface area contributed by atoms with E-state index in [0.717, 1.165) is 9.84 Å². The van der Waals surface area contributed by atoms with Crippen LogP contribution < -0.4 is 0 Å². The summed E-state index contributed by atoms with van der Waals surface area (Å²) in [5.41, 5.74) is 0.424. The van der Waals surface area contributed by atoms with Gasteiger partial charge >= 0.3 is 0 Å². The van der Waals surface area contributed by atoms with Crippen molar-refractivity contribution in [2.24, 2.45) is 11.3 Å². The summed E-state index contributed by atoms with van der Waals surface area (Å²) in [5.74, 6) is 0.787. The quantitative estimate of drug-likeness (QED) is 0.351. The third-order valence-electron chi connectivity index (χ3n) is 2.24. The summed E-state index contributed by atoms with van der Waals surface area (Å²) < 4.78 is 0.810. The summed E-state index contributed by atoms with van der Waals surface area (Å²) in [6.07, 6.45) is 6.04. The highest BCUT2D eigenvalue weighted by molar-refractivity contribution is 14.1. The number of hydrogen-bond donors (Lipinski definition) is 0. The van der Waals surface area contributed by atoms with Gasteiger partial charge in [-0.1, -0.05) is 55.5 Å². The number of hydrogen-bond acceptors (Lipinski definition) is 0. The van der Waals surface area contributed by atoms with Gasteiger partial charge in [-0.05, 0) is 17.8 Å². The molecule has 1 rings (SSSR count). The zero-order valence-electron chi connectivity index (χ0n) is 6.89. The van der Waals surface area contributed by atoms with Gasteiger partial charge in [0.05, 0.1) is 0 Å². The van der Waals surface area contributed by atoms with Crippen LogP contribution in [0.4, 0.5) is 0 Å². The number of halogens is 1. The SMILES string of the molecule is C[C@H]1C=CC(C)(C)C(I)C1. The Kier molecular flexibility index (Phi) is 2.43. The van der Waals surface area contributed by atoms with Crippen LogP contribution in [0.3, 0.4) is 0 Å². The fourth-order valence-electron chi connectivity index (χ4n) is 1.23. The standard InChI is InChI=1S/C9H15I/c1-7-4-5-9(2,3)8(10)6-7/h4-5,7-8H,6H2,1-3H3/t7-,8?/m0/s1. The lowest BCUT2D eigenvalue weighted by Crippen LogP contribution is -2.26. The van der Waals surface area contributed by atoms with Crippen LogP contribution in [-0.4, -0.2) is 3.92 Å². The monoisotopic (exact) mass is 250 g/mol. The van der Waals surface area contributed by atoms with Crippen LogP contribution >= 0.6 is 22.6 Å². The van der Waals surface area contributed by atoms with Crippen LogP contribution in [-0.2, 0) is 0 Å². The highest BCUT2D eigenvalue weighted by atomic mass is 127. The second kappa shape index (κ2) is 2.84. The number of alkyl halides is 1. The van der Waals surface area contributed by atoms with E-state index in [-0.39, 0.29) is 0 Å². The Hall–Kier alpha value is 0.470. The molecule has 0 aliphatic heterocycles. The molecule has 0 N–H and O–H groups in total. The van der Waals surface area contributed by atoms with Crippen molar-refractivity contribution in [2.75, 3.05) is 0 Å². The molecule has 0 bridgehead atoms. The maximum Gasteiger partial charge on any atom is 0.0201 e. The predicted octanol–water partition coefficient (Wildman–Crippen LogP) is 3.41. The van der Waals surface area contributed by atoms with Crippen LogP contribution in [0.25, 0.3) is 0 Å². The molecule has 0 aromatic rings. The van der Waals surface area contributed by atoms with E-state index < -0.39 is 0 Å². The van der Waals surface area contributed by atoms with Crippen molar-refractivity contribution < 1.29 is 0 Å². The van der Waals surface area contributed by atoms with E-state index in [0.29, 0.717) is 5.41 Å². The minimum atomic E-state index is 0.424. The molecule has 0 saturated heterocycles. The molecule has 58 valence electrons. The van der Waals surface area contributed by atoms with Gasteiger partial charge in [0.25, 0.3) is 0 Å². The molecule has 0 heterocycles. The molecular weight excluding hydrogens is 235 g/mol. The Morgan fingerprint density at radius 2 is 2.10 bits per heavy atom. The van der Waals surface area contributed by atoms with Crippen LogP contribution in [0, 0.1) is 11.3 Å². The normalized spacial score (nSPS) is 38.0. The van der Waals surface area contributed by atoms with E-state index in [2.05, 4.69) is 55.5 Å². The maximum absolute atomic E-state index is 2.56. The Balaban J connectivity index is 2.72. The van der Waals surface area contributed by atoms with Gasteiger partial charge in [0, 0.05) is 3.92 Å². The van der Waals surface area contributed by atoms with Crippen LogP contribution in [0.15, 0.2) is 12.2 Å². The van der Waals surface area contributed by atoms with Gasteiger partial charge in [-0.25, -0.2) is 0 Å². The fraction of sp³-hybridized carbons (Fsp3) is 0.778. The molecule has 10 heavy (non-hydrogen) atoms. The summed E-state index contributed by atoms with van der Waals surface area (Å²) in [7, 11) is 0. The molecule has 0 saturated carbocycles. The zero-order chi connectivity index (χ0) is 7.78. The summed E-state index contributed by atoms with van der Waals surface area (Å²) in [5, 5.41) is 0. The minimum absolute atomic E-state index is 0.424. The second-order valence-corrected chi connectivity index (χ2v) is 5.36. The van der Waals surface area contributed by atoms with Gasteiger partial charge in [-0.2, -0.15) is 0 Å².